The topological polar surface area (TPSA) is 344 Å². The Balaban J connectivity index is 1.67. The second-order valence-corrected chi connectivity index (χ2v) is 17.1. The van der Waals surface area contributed by atoms with Crippen molar-refractivity contribution in [2.45, 2.75) is 103 Å². The highest BCUT2D eigenvalue weighted by Gasteiger charge is 2.56. The number of hydrogen-bond acceptors (Lipinski definition) is 25. The van der Waals surface area contributed by atoms with Crippen molar-refractivity contribution in [1.29, 1.82) is 5.26 Å². The third-order valence-corrected chi connectivity index (χ3v) is 12.1. The Bertz CT molecular complexity index is 2080. The van der Waals surface area contributed by atoms with Crippen molar-refractivity contribution in [2.75, 3.05) is 25.6 Å². The largest absolute Gasteiger partial charge is 0.481 e. The van der Waals surface area contributed by atoms with E-state index in [0.717, 1.165) is 47.9 Å². The van der Waals surface area contributed by atoms with Gasteiger partial charge in [-0.1, -0.05) is 0 Å². The average Bonchev–Trinajstić information content (AvgIpc) is 3.69. The summed E-state index contributed by atoms with van der Waals surface area (Å²) in [5, 5.41) is 9.16. The molecule has 11 unspecified atom stereocenters. The van der Waals surface area contributed by atoms with Crippen LogP contribution in [0.4, 0.5) is 5.82 Å². The molecule has 3 N–H and O–H groups in total. The second-order valence-electron chi connectivity index (χ2n) is 12.5. The van der Waals surface area contributed by atoms with Crippen molar-refractivity contribution in [2.24, 2.45) is 0 Å². The van der Waals surface area contributed by atoms with Crippen molar-refractivity contribution < 1.29 is 94.0 Å². The number of anilines is 1. The molecule has 2 aliphatic heterocycles. The summed E-state index contributed by atoms with van der Waals surface area (Å²) in [5.74, 6) is -5.51. The Labute approximate surface area is 344 Å². The molecule has 330 valence electrons. The molecule has 26 nitrogen and oxygen atoms in total. The lowest BCUT2D eigenvalue weighted by Gasteiger charge is -2.44. The second kappa shape index (κ2) is 20.7. The Morgan fingerprint density at radius 3 is 1.93 bits per heavy atom. The molecule has 0 spiro atoms. The molecule has 0 aliphatic carbocycles. The molecular weight excluding hydrogens is 870 g/mol. The highest BCUT2D eigenvalue weighted by atomic mass is 32.5. The van der Waals surface area contributed by atoms with E-state index in [1.54, 1.807) is 6.07 Å². The van der Waals surface area contributed by atoms with Gasteiger partial charge in [-0.25, -0.2) is 23.8 Å². The average molecular weight is 911 g/mol. The van der Waals surface area contributed by atoms with Crippen LogP contribution < -0.4 is 5.73 Å². The molecule has 2 aromatic heterocycles. The van der Waals surface area contributed by atoms with Crippen molar-refractivity contribution >= 4 is 79.1 Å². The fourth-order valence-corrected chi connectivity index (χ4v) is 9.63. The van der Waals surface area contributed by atoms with Gasteiger partial charge in [0.05, 0.1) is 32.0 Å². The van der Waals surface area contributed by atoms with E-state index in [9.17, 15) is 38.2 Å². The number of hydrogen-bond donors (Lipinski definition) is 2. The van der Waals surface area contributed by atoms with Gasteiger partial charge < -0.3 is 57.6 Å². The van der Waals surface area contributed by atoms with Gasteiger partial charge in [0.15, 0.2) is 48.2 Å². The first-order chi connectivity index (χ1) is 28.1. The molecule has 0 aromatic carbocycles. The maximum Gasteiger partial charge on any atom is 0.481 e. The maximum absolute atomic E-state index is 13.8. The Morgan fingerprint density at radius 1 is 0.800 bits per heavy atom. The van der Waals surface area contributed by atoms with Crippen LogP contribution in [-0.2, 0) is 101 Å². The third kappa shape index (κ3) is 12.9. The van der Waals surface area contributed by atoms with Gasteiger partial charge in [0.1, 0.15) is 30.7 Å². The molecule has 2 aliphatic rings. The van der Waals surface area contributed by atoms with Crippen LogP contribution in [0.2, 0.25) is 0 Å². The number of ether oxygens (including phenoxy) is 8. The molecule has 0 amide bonds. The number of phosphoric acid groups is 1. The molecule has 11 atom stereocenters. The van der Waals surface area contributed by atoms with E-state index < -0.39 is 125 Å². The summed E-state index contributed by atoms with van der Waals surface area (Å²) in [7, 11) is -5.69. The van der Waals surface area contributed by atoms with E-state index in [1.807, 2.05) is 0 Å². The van der Waals surface area contributed by atoms with Crippen molar-refractivity contribution in [3.63, 3.8) is 0 Å². The van der Waals surface area contributed by atoms with Gasteiger partial charge >= 0.3 is 50.4 Å². The first kappa shape index (κ1) is 47.9. The zero-order valence-corrected chi connectivity index (χ0v) is 35.1. The van der Waals surface area contributed by atoms with Crippen LogP contribution in [0.3, 0.4) is 0 Å². The van der Waals surface area contributed by atoms with Crippen LogP contribution in [0.5, 0.6) is 0 Å². The highest BCUT2D eigenvalue weighted by molar-refractivity contribution is 8.08. The first-order valence-electron chi connectivity index (χ1n) is 17.4. The first-order valence-corrected chi connectivity index (χ1v) is 21.4. The SMILES string of the molecule is CC(=O)OCC1OC(OP(=O)(O)OP(=S)(OCCC#N)OCC2OC(n3cnc4c(N)ncnc43)C(OC(C)=O)C2OC(C)=O)C(OC(C)=O)C(OC(C)=O)C1OC(C)=O. The number of nitrogens with zero attached hydrogens (tertiary/aromatic N) is 5. The molecular formula is C31H40N6O20P2S. The lowest BCUT2D eigenvalue weighted by molar-refractivity contribution is -0.291. The zero-order chi connectivity index (χ0) is 44.5. The summed E-state index contributed by atoms with van der Waals surface area (Å²) in [5.41, 5.74) is 6.21. The van der Waals surface area contributed by atoms with Crippen LogP contribution in [0.25, 0.3) is 11.2 Å². The summed E-state index contributed by atoms with van der Waals surface area (Å²) in [6.45, 7) is -0.602. The molecule has 2 aromatic rings. The lowest BCUT2D eigenvalue weighted by atomic mass is 9.98. The Hall–Kier alpha value is -4.74. The van der Waals surface area contributed by atoms with Gasteiger partial charge in [-0.2, -0.15) is 5.26 Å². The number of imidazole rings is 1. The maximum atomic E-state index is 13.8. The zero-order valence-electron chi connectivity index (χ0n) is 32.5. The monoisotopic (exact) mass is 910 g/mol. The highest BCUT2D eigenvalue weighted by Crippen LogP contribution is 2.65. The summed E-state index contributed by atoms with van der Waals surface area (Å²) < 4.78 is 80.6. The molecule has 4 rings (SSSR count). The predicted octanol–water partition coefficient (Wildman–Crippen LogP) is 0.557. The summed E-state index contributed by atoms with van der Waals surface area (Å²) in [4.78, 5) is 96.2. The van der Waals surface area contributed by atoms with Gasteiger partial charge in [-0.3, -0.25) is 37.9 Å². The molecule has 60 heavy (non-hydrogen) atoms. The fraction of sp³-hybridized carbons (Fsp3) is 0.613. The normalized spacial score (nSPS) is 27.0. The van der Waals surface area contributed by atoms with Gasteiger partial charge in [0, 0.05) is 41.5 Å². The molecule has 2 saturated heterocycles. The summed E-state index contributed by atoms with van der Waals surface area (Å²) >= 11 is 5.44. The number of rotatable bonds is 18. The number of fused-ring (bicyclic) bond motifs is 1. The number of nitriles is 1. The summed E-state index contributed by atoms with van der Waals surface area (Å²) in [6.07, 6.45) is -12.7. The minimum atomic E-state index is -5.69. The van der Waals surface area contributed by atoms with E-state index in [4.69, 9.17) is 78.6 Å². The van der Waals surface area contributed by atoms with Gasteiger partial charge in [-0.05, 0) is 11.8 Å². The van der Waals surface area contributed by atoms with E-state index in [1.165, 1.54) is 10.9 Å². The van der Waals surface area contributed by atoms with Crippen molar-refractivity contribution in [1.82, 2.24) is 19.5 Å². The Morgan fingerprint density at radius 2 is 1.35 bits per heavy atom. The van der Waals surface area contributed by atoms with Crippen LogP contribution in [0.1, 0.15) is 54.2 Å². The molecule has 2 fully saturated rings. The Kier molecular flexibility index (Phi) is 16.5. The van der Waals surface area contributed by atoms with Crippen LogP contribution in [-0.4, -0.2) is 129 Å². The van der Waals surface area contributed by atoms with E-state index >= 15 is 0 Å². The lowest BCUT2D eigenvalue weighted by Crippen LogP contribution is -2.62. The minimum Gasteiger partial charge on any atom is -0.463 e. The molecule has 0 bridgehead atoms. The summed E-state index contributed by atoms with van der Waals surface area (Å²) in [6, 6.07) is 1.78. The van der Waals surface area contributed by atoms with E-state index in [-0.39, 0.29) is 23.4 Å². The van der Waals surface area contributed by atoms with E-state index in [2.05, 4.69) is 15.0 Å². The number of aromatic nitrogens is 4. The molecule has 0 radical (unpaired) electrons. The number of carbonyl (C=O) groups excluding carboxylic acids is 6. The number of carbonyl (C=O) groups is 6. The van der Waals surface area contributed by atoms with Gasteiger partial charge in [0.2, 0.25) is 6.29 Å². The number of esters is 6. The fourth-order valence-electron chi connectivity index (χ4n) is 5.78. The van der Waals surface area contributed by atoms with Gasteiger partial charge in [0.25, 0.3) is 0 Å². The third-order valence-electron chi connectivity index (χ3n) is 7.80. The molecule has 0 saturated carbocycles. The number of nitrogen functional groups attached to an aromatic ring is 1. The van der Waals surface area contributed by atoms with Crippen molar-refractivity contribution in [3.05, 3.63) is 12.7 Å². The standard InChI is InChI=1S/C31H40N6O20P2S/c1-14(38)46-10-20-23(49-15(2)39)25(51-17(4)41)27(53-19(6)43)31(55-20)56-58(44,45)57-59(60,47-9-7-8-32)48-11-21-24(50-16(3)40)26(52-18(5)42)30(54-21)37-13-36-22-28(33)34-12-35-29(22)37/h12-13,20-21,23-27,30-31H,7,9-11H2,1-6H3,(H,44,45)(H2,33,34,35). The van der Waals surface area contributed by atoms with Crippen LogP contribution in [0.15, 0.2) is 12.7 Å². The van der Waals surface area contributed by atoms with Crippen LogP contribution >= 0.6 is 14.5 Å². The smallest absolute Gasteiger partial charge is 0.463 e. The molecule has 4 heterocycles. The van der Waals surface area contributed by atoms with Crippen LogP contribution in [0, 0.1) is 11.3 Å². The number of nitrogens with two attached hydrogens (primary N) is 1. The van der Waals surface area contributed by atoms with Gasteiger partial charge in [-0.15, -0.1) is 0 Å². The number of phosphoric ester groups is 1. The minimum absolute atomic E-state index is 0.00374. The van der Waals surface area contributed by atoms with E-state index in [0.29, 0.717) is 0 Å². The quantitative estimate of drug-likeness (QED) is 0.0892. The predicted molar refractivity (Wildman–Crippen MR) is 195 cm³/mol. The molecule has 29 heteroatoms. The van der Waals surface area contributed by atoms with Crippen molar-refractivity contribution in [3.8, 4) is 6.07 Å².